The lowest BCUT2D eigenvalue weighted by Gasteiger charge is -2.51. The van der Waals surface area contributed by atoms with Crippen LogP contribution in [-0.2, 0) is 80.9 Å². The number of ether oxygens (including phenoxy) is 11. The largest absolute Gasteiger partial charge is 0.394 e. The van der Waals surface area contributed by atoms with E-state index in [0.717, 1.165) is 41.5 Å². The van der Waals surface area contributed by atoms with Crippen LogP contribution in [0.1, 0.15) is 41.5 Å². The van der Waals surface area contributed by atoms with Crippen molar-refractivity contribution < 1.29 is 152 Å². The van der Waals surface area contributed by atoms with Gasteiger partial charge in [-0.3, -0.25) is 28.8 Å². The number of aliphatic hydroxyl groups excluding tert-OH is 14. The lowest BCUT2D eigenvalue weighted by atomic mass is 9.92. The molecule has 20 N–H and O–H groups in total. The van der Waals surface area contributed by atoms with Crippen LogP contribution < -0.4 is 31.9 Å². The minimum atomic E-state index is -2.07. The molecular formula is C48H80N6O31. The number of rotatable bonds is 22. The first-order valence-electron chi connectivity index (χ1n) is 27.1. The Hall–Kier alpha value is -4.18. The second-order valence-corrected chi connectivity index (χ2v) is 21.2. The Balaban J connectivity index is 1.23. The number of carbonyl (C=O) groups excluding carboxylic acids is 6. The van der Waals surface area contributed by atoms with Crippen LogP contribution in [0.25, 0.3) is 0 Å². The van der Waals surface area contributed by atoms with Crippen molar-refractivity contribution in [2.75, 3.05) is 39.6 Å². The van der Waals surface area contributed by atoms with Crippen LogP contribution in [0.15, 0.2) is 0 Å². The first kappa shape index (κ1) is 69.9. The van der Waals surface area contributed by atoms with Crippen molar-refractivity contribution in [1.82, 2.24) is 31.9 Å². The normalized spacial score (nSPS) is 44.0. The molecule has 6 amide bonds. The Labute approximate surface area is 483 Å². The first-order chi connectivity index (χ1) is 40.1. The highest BCUT2D eigenvalue weighted by atomic mass is 16.8. The average Bonchev–Trinajstić information content (AvgIpc) is 2.64. The number of nitrogens with one attached hydrogen (secondary N) is 6. The molecule has 6 aliphatic rings. The van der Waals surface area contributed by atoms with Crippen molar-refractivity contribution in [2.24, 2.45) is 0 Å². The summed E-state index contributed by atoms with van der Waals surface area (Å²) in [5.74, 6) is -4.75. The minimum Gasteiger partial charge on any atom is -0.394 e. The highest BCUT2D eigenvalue weighted by Gasteiger charge is 2.59. The SMILES string of the molecule is CC(=O)NC1[C@H](O[C@@H]2C(CO)O[C@@H](O[C@@H]3C(CO)O[C@@H](O[C@@H]4C(CO)O[C@@H](O[C@@H]5C(CO)O[C@@H](O[C@@H]6C(CO)OC(O)C(NC(C)=O)[C@H]6O)C(NC(C)=O)[C@H]5O)C(NC(C)=O)[C@H]4O)C(NC(C)=O)[C@H]3O)C(NC(C)=O)[C@H]2O)OC(CO)[C@@H](O)[C@@H]1O. The second-order valence-electron chi connectivity index (χ2n) is 21.2. The number of aliphatic hydroxyl groups is 14. The van der Waals surface area contributed by atoms with E-state index in [1.807, 2.05) is 0 Å². The molecule has 0 aromatic heterocycles. The van der Waals surface area contributed by atoms with E-state index in [1.165, 1.54) is 0 Å². The third kappa shape index (κ3) is 16.4. The number of hydrogen-bond acceptors (Lipinski definition) is 31. The van der Waals surface area contributed by atoms with Crippen molar-refractivity contribution in [3.05, 3.63) is 0 Å². The zero-order chi connectivity index (χ0) is 63.0. The van der Waals surface area contributed by atoms with E-state index in [0.29, 0.717) is 0 Å². The molecular weight excluding hydrogens is 1160 g/mol. The van der Waals surface area contributed by atoms with E-state index >= 15 is 0 Å². The molecule has 0 saturated carbocycles. The maximum atomic E-state index is 12.8. The van der Waals surface area contributed by atoms with Gasteiger partial charge in [0.05, 0.1) is 39.6 Å². The Morgan fingerprint density at radius 2 is 0.471 bits per heavy atom. The van der Waals surface area contributed by atoms with Crippen LogP contribution in [-0.4, -0.2) is 330 Å². The summed E-state index contributed by atoms with van der Waals surface area (Å²) in [6.45, 7) is 0.406. The topological polar surface area (TPSA) is 559 Å². The Morgan fingerprint density at radius 1 is 0.282 bits per heavy atom. The lowest BCUT2D eigenvalue weighted by Crippen LogP contribution is -2.72. The molecule has 13 unspecified atom stereocenters. The monoisotopic (exact) mass is 1240 g/mol. The van der Waals surface area contributed by atoms with Gasteiger partial charge in [0, 0.05) is 41.5 Å². The highest BCUT2D eigenvalue weighted by molar-refractivity contribution is 5.75. The van der Waals surface area contributed by atoms with Gasteiger partial charge in [-0.1, -0.05) is 0 Å². The fraction of sp³-hybridized carbons (Fsp3) is 0.875. The van der Waals surface area contributed by atoms with Gasteiger partial charge in [-0.25, -0.2) is 0 Å². The molecule has 6 aliphatic heterocycles. The molecule has 37 heteroatoms. The first-order valence-corrected chi connectivity index (χ1v) is 27.1. The molecule has 6 saturated heterocycles. The van der Waals surface area contributed by atoms with E-state index in [9.17, 15) is 100 Å². The quantitative estimate of drug-likeness (QED) is 0.0479. The maximum Gasteiger partial charge on any atom is 0.217 e. The second kappa shape index (κ2) is 30.8. The van der Waals surface area contributed by atoms with E-state index in [4.69, 9.17) is 52.1 Å². The number of carbonyl (C=O) groups is 6. The lowest BCUT2D eigenvalue weighted by molar-refractivity contribution is -0.370. The summed E-state index contributed by atoms with van der Waals surface area (Å²) in [6.07, 6.45) is -43.4. The molecule has 6 fully saturated rings. The predicted octanol–water partition coefficient (Wildman–Crippen LogP) is -13.2. The fourth-order valence-electron chi connectivity index (χ4n) is 11.0. The number of amides is 6. The summed E-state index contributed by atoms with van der Waals surface area (Å²) in [6, 6.07) is -10.0. The average molecular weight is 1240 g/mol. The maximum absolute atomic E-state index is 12.8. The highest BCUT2D eigenvalue weighted by Crippen LogP contribution is 2.37. The fourth-order valence-corrected chi connectivity index (χ4v) is 11.0. The van der Waals surface area contributed by atoms with E-state index in [-0.39, 0.29) is 0 Å². The third-order valence-electron chi connectivity index (χ3n) is 14.8. The summed E-state index contributed by atoms with van der Waals surface area (Å²) in [5.41, 5.74) is 0. The van der Waals surface area contributed by atoms with Gasteiger partial charge in [0.15, 0.2) is 37.7 Å². The smallest absolute Gasteiger partial charge is 0.217 e. The Bertz CT molecular complexity index is 2230. The summed E-state index contributed by atoms with van der Waals surface area (Å²) in [4.78, 5) is 74.9. The molecule has 0 radical (unpaired) electrons. The van der Waals surface area contributed by atoms with Gasteiger partial charge in [0.2, 0.25) is 35.4 Å². The van der Waals surface area contributed by atoms with Crippen molar-refractivity contribution in [3.63, 3.8) is 0 Å². The summed E-state index contributed by atoms with van der Waals surface area (Å²) in [7, 11) is 0. The molecule has 6 rings (SSSR count). The standard InChI is InChI=1S/C48H80N6O31/c1-13(61)49-25-33(69)38(20(8-56)75-43(25)74)81-45-27(51-15(3)63)35(71)40(22(10-58)77-45)83-47-29(53-17(5)65)37(73)42(24(12-60)79-47)85-48-30(54-18(6)66)36(72)41(23(11-59)80-48)84-46-28(52-16(4)64)34(70)39(21(9-57)78-46)82-44-26(50-14(2)62)32(68)31(67)19(7-55)76-44/h19-48,55-60,67-74H,7-12H2,1-6H3,(H,49,61)(H,50,62)(H,51,63)(H,52,64)(H,53,65)(H,54,66)/t19?,20?,21?,22?,23?,24?,25?,26?,27?,28?,29?,30?,31-,32-,33-,34-,35-,36-,37-,38-,39-,40-,41-,42-,43?,44+,45+,46+,47+,48+/m1/s1. The van der Waals surface area contributed by atoms with Gasteiger partial charge in [-0.2, -0.15) is 0 Å². The third-order valence-corrected chi connectivity index (χ3v) is 14.8. The Kier molecular flexibility index (Phi) is 25.4. The molecule has 0 spiro atoms. The van der Waals surface area contributed by atoms with Crippen molar-refractivity contribution >= 4 is 35.4 Å². The van der Waals surface area contributed by atoms with Gasteiger partial charge >= 0.3 is 0 Å². The zero-order valence-electron chi connectivity index (χ0n) is 46.8. The minimum absolute atomic E-state index is 0.705. The van der Waals surface area contributed by atoms with Crippen molar-refractivity contribution in [1.29, 1.82) is 0 Å². The van der Waals surface area contributed by atoms with E-state index in [2.05, 4.69) is 31.9 Å². The van der Waals surface area contributed by atoms with Crippen LogP contribution in [0.5, 0.6) is 0 Å². The van der Waals surface area contributed by atoms with Crippen LogP contribution in [0.2, 0.25) is 0 Å². The van der Waals surface area contributed by atoms with Gasteiger partial charge in [0.25, 0.3) is 0 Å². The van der Waals surface area contributed by atoms with Crippen molar-refractivity contribution in [3.8, 4) is 0 Å². The molecule has 85 heavy (non-hydrogen) atoms. The molecule has 0 aromatic carbocycles. The molecule has 37 nitrogen and oxygen atoms in total. The van der Waals surface area contributed by atoms with Crippen molar-refractivity contribution in [2.45, 2.75) is 225 Å². The molecule has 488 valence electrons. The summed E-state index contributed by atoms with van der Waals surface area (Å²) < 4.78 is 65.4. The van der Waals surface area contributed by atoms with Crippen LogP contribution in [0.3, 0.4) is 0 Å². The predicted molar refractivity (Wildman–Crippen MR) is 269 cm³/mol. The van der Waals surface area contributed by atoms with Gasteiger partial charge in [-0.05, 0) is 0 Å². The van der Waals surface area contributed by atoms with Gasteiger partial charge in [0.1, 0.15) is 146 Å². The molecule has 6 heterocycles. The number of hydrogen-bond donors (Lipinski definition) is 20. The zero-order valence-corrected chi connectivity index (χ0v) is 46.8. The Morgan fingerprint density at radius 3 is 0.694 bits per heavy atom. The van der Waals surface area contributed by atoms with E-state index in [1.54, 1.807) is 0 Å². The van der Waals surface area contributed by atoms with Gasteiger partial charge in [-0.15, -0.1) is 0 Å². The molecule has 30 atom stereocenters. The summed E-state index contributed by atoms with van der Waals surface area (Å²) in [5, 5.41) is 168. The van der Waals surface area contributed by atoms with Crippen LogP contribution in [0.4, 0.5) is 0 Å². The molecule has 0 aliphatic carbocycles. The van der Waals surface area contributed by atoms with Gasteiger partial charge < -0.3 is 155 Å². The van der Waals surface area contributed by atoms with Crippen LogP contribution >= 0.6 is 0 Å². The molecule has 0 aromatic rings. The summed E-state index contributed by atoms with van der Waals surface area (Å²) >= 11 is 0. The van der Waals surface area contributed by atoms with Crippen LogP contribution in [0, 0.1) is 0 Å². The molecule has 0 bridgehead atoms. The van der Waals surface area contributed by atoms with E-state index < -0.39 is 259 Å².